The number of para-hydroxylation sites is 2. The first-order valence-electron chi connectivity index (χ1n) is 26.7. The standard InChI is InChI=1S/C70H58N4Si2/c1-75(2,3)57-35-31-53(32-36-57)71(61-41-43-65-69-59(61)39-29-47-17-15-27-63(67(47)69)73(65)51-21-9-7-10-22-51)55-25-13-19-49(45-55)50-20-14-26-56(46-50)72(54-33-37-58(38-34-54)76(4,5)6)62-42-44-66-70-60(62)40-30-48-18-16-28-64(68(48)70)74(66)52-23-11-8-12-24-52/h7-46H,1-6H3. The van der Waals surface area contributed by atoms with Gasteiger partial charge in [0.05, 0.1) is 49.6 Å². The summed E-state index contributed by atoms with van der Waals surface area (Å²) in [6.45, 7) is 14.6. The van der Waals surface area contributed by atoms with Crippen LogP contribution in [0.5, 0.6) is 0 Å². The average Bonchev–Trinajstić information content (AvgIpc) is 4.02. The van der Waals surface area contributed by atoms with Crippen molar-refractivity contribution in [2.75, 3.05) is 9.80 Å². The molecular weight excluding hydrogens is 953 g/mol. The first-order valence-corrected chi connectivity index (χ1v) is 33.7. The molecule has 0 saturated carbocycles. The summed E-state index contributed by atoms with van der Waals surface area (Å²) in [5.74, 6) is 0. The first kappa shape index (κ1) is 45.9. The van der Waals surface area contributed by atoms with Crippen LogP contribution in [0.1, 0.15) is 0 Å². The highest BCUT2D eigenvalue weighted by molar-refractivity contribution is 6.89. The molecule has 0 aliphatic rings. The second kappa shape index (κ2) is 17.5. The average molecular weight is 1010 g/mol. The summed E-state index contributed by atoms with van der Waals surface area (Å²) in [6, 6.07) is 90.8. The zero-order chi connectivity index (χ0) is 51.5. The molecule has 76 heavy (non-hydrogen) atoms. The first-order chi connectivity index (χ1) is 37.0. The van der Waals surface area contributed by atoms with Crippen LogP contribution in [0, 0.1) is 0 Å². The van der Waals surface area contributed by atoms with E-state index in [4.69, 9.17) is 0 Å². The van der Waals surface area contributed by atoms with E-state index in [2.05, 4.69) is 301 Å². The van der Waals surface area contributed by atoms with Gasteiger partial charge in [-0.15, -0.1) is 0 Å². The van der Waals surface area contributed by atoms with Gasteiger partial charge in [0, 0.05) is 66.4 Å². The van der Waals surface area contributed by atoms with Crippen LogP contribution in [0.4, 0.5) is 34.1 Å². The van der Waals surface area contributed by atoms with Crippen LogP contribution in [0.15, 0.2) is 243 Å². The van der Waals surface area contributed by atoms with Gasteiger partial charge in [-0.25, -0.2) is 0 Å². The molecule has 366 valence electrons. The van der Waals surface area contributed by atoms with Crippen LogP contribution in [-0.4, -0.2) is 25.3 Å². The minimum atomic E-state index is -1.57. The van der Waals surface area contributed by atoms with E-state index in [0.29, 0.717) is 0 Å². The van der Waals surface area contributed by atoms with Gasteiger partial charge >= 0.3 is 0 Å². The number of aromatic nitrogens is 2. The van der Waals surface area contributed by atoms with E-state index in [1.807, 2.05) is 0 Å². The zero-order valence-electron chi connectivity index (χ0n) is 43.9. The summed E-state index contributed by atoms with van der Waals surface area (Å²) in [6.07, 6.45) is 0. The maximum atomic E-state index is 2.49. The largest absolute Gasteiger partial charge is 0.310 e. The summed E-state index contributed by atoms with van der Waals surface area (Å²) in [5.41, 5.74) is 16.3. The van der Waals surface area contributed by atoms with E-state index >= 15 is 0 Å². The van der Waals surface area contributed by atoms with E-state index in [-0.39, 0.29) is 0 Å². The highest BCUT2D eigenvalue weighted by atomic mass is 28.3. The van der Waals surface area contributed by atoms with Crippen molar-refractivity contribution in [1.29, 1.82) is 0 Å². The van der Waals surface area contributed by atoms with Crippen molar-refractivity contribution >= 4 is 126 Å². The van der Waals surface area contributed by atoms with Gasteiger partial charge in [-0.05, 0) is 131 Å². The molecule has 14 aromatic rings. The van der Waals surface area contributed by atoms with E-state index in [9.17, 15) is 0 Å². The number of rotatable bonds is 11. The van der Waals surface area contributed by atoms with Crippen molar-refractivity contribution in [3.8, 4) is 22.5 Å². The molecule has 0 atom stereocenters. The van der Waals surface area contributed by atoms with Crippen molar-refractivity contribution < 1.29 is 0 Å². The topological polar surface area (TPSA) is 16.3 Å². The fourth-order valence-electron chi connectivity index (χ4n) is 12.2. The smallest absolute Gasteiger partial charge is 0.0775 e. The molecule has 2 aromatic heterocycles. The molecule has 14 rings (SSSR count). The Kier molecular flexibility index (Phi) is 10.5. The van der Waals surface area contributed by atoms with Crippen molar-refractivity contribution in [2.24, 2.45) is 0 Å². The number of hydrogen-bond acceptors (Lipinski definition) is 2. The van der Waals surface area contributed by atoms with Crippen molar-refractivity contribution in [2.45, 2.75) is 39.3 Å². The zero-order valence-corrected chi connectivity index (χ0v) is 45.9. The highest BCUT2D eigenvalue weighted by Gasteiger charge is 2.26. The van der Waals surface area contributed by atoms with Crippen LogP contribution < -0.4 is 20.2 Å². The number of nitrogens with zero attached hydrogens (tertiary/aromatic N) is 4. The normalized spacial score (nSPS) is 12.3. The molecule has 0 radical (unpaired) electrons. The Balaban J connectivity index is 0.942. The van der Waals surface area contributed by atoms with Crippen molar-refractivity contribution in [3.63, 3.8) is 0 Å². The quantitative estimate of drug-likeness (QED) is 0.0948. The number of hydrogen-bond donors (Lipinski definition) is 0. The third-order valence-corrected chi connectivity index (χ3v) is 20.0. The van der Waals surface area contributed by atoms with Gasteiger partial charge < -0.3 is 18.9 Å². The molecule has 0 amide bonds. The second-order valence-corrected chi connectivity index (χ2v) is 32.8. The minimum absolute atomic E-state index is 1.11. The Hall–Kier alpha value is -8.69. The van der Waals surface area contributed by atoms with E-state index < -0.39 is 16.1 Å². The molecule has 0 spiro atoms. The molecule has 0 aliphatic carbocycles. The van der Waals surface area contributed by atoms with Crippen LogP contribution >= 0.6 is 0 Å². The Labute approximate surface area is 446 Å². The summed E-state index contributed by atoms with van der Waals surface area (Å²) in [4.78, 5) is 4.97. The Morgan fingerprint density at radius 2 is 0.671 bits per heavy atom. The molecular formula is C70H58N4Si2. The summed E-state index contributed by atoms with van der Waals surface area (Å²) >= 11 is 0. The molecule has 0 bridgehead atoms. The fraction of sp³-hybridized carbons (Fsp3) is 0.0857. The Bertz CT molecular complexity index is 4180. The van der Waals surface area contributed by atoms with Gasteiger partial charge in [-0.3, -0.25) is 0 Å². The van der Waals surface area contributed by atoms with Gasteiger partial charge in [0.2, 0.25) is 0 Å². The van der Waals surface area contributed by atoms with Crippen LogP contribution in [0.2, 0.25) is 39.3 Å². The monoisotopic (exact) mass is 1010 g/mol. The lowest BCUT2D eigenvalue weighted by Gasteiger charge is -2.29. The highest BCUT2D eigenvalue weighted by Crippen LogP contribution is 2.49. The van der Waals surface area contributed by atoms with E-state index in [1.165, 1.54) is 75.5 Å². The summed E-state index contributed by atoms with van der Waals surface area (Å²) < 4.78 is 4.87. The van der Waals surface area contributed by atoms with Crippen molar-refractivity contribution in [1.82, 2.24) is 9.13 Å². The second-order valence-electron chi connectivity index (χ2n) is 22.6. The van der Waals surface area contributed by atoms with Gasteiger partial charge in [-0.2, -0.15) is 0 Å². The third-order valence-electron chi connectivity index (χ3n) is 15.9. The van der Waals surface area contributed by atoms with Gasteiger partial charge in [0.25, 0.3) is 0 Å². The van der Waals surface area contributed by atoms with E-state index in [0.717, 1.165) is 56.6 Å². The molecule has 0 saturated heterocycles. The molecule has 6 heteroatoms. The van der Waals surface area contributed by atoms with Crippen molar-refractivity contribution in [3.05, 3.63) is 243 Å². The molecule has 12 aromatic carbocycles. The lowest BCUT2D eigenvalue weighted by molar-refractivity contribution is 1.18. The van der Waals surface area contributed by atoms with Crippen LogP contribution in [-0.2, 0) is 0 Å². The SMILES string of the molecule is C[Si](C)(C)c1ccc(N(c2cccc(-c3cccc(N(c4ccc([Si](C)(C)C)cc4)c4ccc5c6c4ccc4cccc(c46)n5-c4ccccc4)c3)c2)c2ccc3c4c2ccc2cccc(c24)n3-c2ccccc2)cc1. The number of anilines is 6. The Morgan fingerprint density at radius 3 is 1.07 bits per heavy atom. The Morgan fingerprint density at radius 1 is 0.289 bits per heavy atom. The lowest BCUT2D eigenvalue weighted by atomic mass is 9.98. The summed E-state index contributed by atoms with van der Waals surface area (Å²) in [5, 5.41) is 13.0. The van der Waals surface area contributed by atoms with Gasteiger partial charge in [0.15, 0.2) is 0 Å². The maximum absolute atomic E-state index is 2.49. The number of benzene rings is 12. The molecule has 4 nitrogen and oxygen atoms in total. The van der Waals surface area contributed by atoms with Crippen LogP contribution in [0.3, 0.4) is 0 Å². The van der Waals surface area contributed by atoms with Crippen LogP contribution in [0.25, 0.3) is 87.7 Å². The van der Waals surface area contributed by atoms with Gasteiger partial charge in [-0.1, -0.05) is 183 Å². The van der Waals surface area contributed by atoms with Gasteiger partial charge in [0.1, 0.15) is 0 Å². The molecule has 0 aliphatic heterocycles. The molecule has 0 N–H and O–H groups in total. The predicted octanol–water partition coefficient (Wildman–Crippen LogP) is 18.8. The lowest BCUT2D eigenvalue weighted by Crippen LogP contribution is -2.37. The minimum Gasteiger partial charge on any atom is -0.310 e. The maximum Gasteiger partial charge on any atom is 0.0775 e. The third kappa shape index (κ3) is 7.38. The molecule has 2 heterocycles. The predicted molar refractivity (Wildman–Crippen MR) is 333 cm³/mol. The fourth-order valence-corrected chi connectivity index (χ4v) is 14.5. The molecule has 0 fully saturated rings. The summed E-state index contributed by atoms with van der Waals surface area (Å²) in [7, 11) is -3.13. The molecule has 0 unspecified atom stereocenters. The van der Waals surface area contributed by atoms with E-state index in [1.54, 1.807) is 0 Å².